The summed E-state index contributed by atoms with van der Waals surface area (Å²) in [6.07, 6.45) is 1.24. The van der Waals surface area contributed by atoms with Crippen molar-refractivity contribution in [1.82, 2.24) is 14.9 Å². The fourth-order valence-electron chi connectivity index (χ4n) is 1.39. The van der Waals surface area contributed by atoms with Gasteiger partial charge in [-0.05, 0) is 22.9 Å². The van der Waals surface area contributed by atoms with Crippen molar-refractivity contribution in [2.45, 2.75) is 19.5 Å². The van der Waals surface area contributed by atoms with Crippen molar-refractivity contribution < 1.29 is 9.53 Å². The first kappa shape index (κ1) is 14.7. The van der Waals surface area contributed by atoms with E-state index in [9.17, 15) is 14.4 Å². The third-order valence-electron chi connectivity index (χ3n) is 2.14. The Bertz CT molecular complexity index is 537. The number of aromatic nitrogens is 2. The first-order valence-electron chi connectivity index (χ1n) is 5.22. The van der Waals surface area contributed by atoms with Crippen LogP contribution in [0.5, 0.6) is 0 Å². The van der Waals surface area contributed by atoms with Gasteiger partial charge in [-0.3, -0.25) is 9.59 Å². The van der Waals surface area contributed by atoms with Crippen LogP contribution < -0.4 is 16.6 Å². The van der Waals surface area contributed by atoms with E-state index in [0.29, 0.717) is 6.61 Å². The van der Waals surface area contributed by atoms with Crippen LogP contribution in [-0.4, -0.2) is 35.2 Å². The normalized spacial score (nSPS) is 12.2. The zero-order valence-electron chi connectivity index (χ0n) is 10.0. The third-order valence-corrected chi connectivity index (χ3v) is 2.71. The topological polar surface area (TPSA) is 93.2 Å². The molecule has 0 bridgehead atoms. The van der Waals surface area contributed by atoms with Gasteiger partial charge in [0.2, 0.25) is 5.91 Å². The lowest BCUT2D eigenvalue weighted by molar-refractivity contribution is -0.122. The number of aromatic amines is 1. The van der Waals surface area contributed by atoms with Crippen molar-refractivity contribution in [2.75, 3.05) is 13.7 Å². The van der Waals surface area contributed by atoms with Gasteiger partial charge in [0, 0.05) is 19.3 Å². The molecule has 8 heteroatoms. The molecule has 1 aromatic rings. The molecule has 0 saturated heterocycles. The Morgan fingerprint density at radius 1 is 1.61 bits per heavy atom. The molecule has 0 aliphatic heterocycles. The molecule has 1 amide bonds. The van der Waals surface area contributed by atoms with E-state index in [0.717, 1.165) is 4.57 Å². The van der Waals surface area contributed by atoms with Crippen LogP contribution in [0.4, 0.5) is 0 Å². The van der Waals surface area contributed by atoms with E-state index in [1.807, 2.05) is 0 Å². The maximum absolute atomic E-state index is 11.6. The molecule has 0 saturated carbocycles. The van der Waals surface area contributed by atoms with Gasteiger partial charge in [-0.2, -0.15) is 0 Å². The summed E-state index contributed by atoms with van der Waals surface area (Å²) in [7, 11) is 1.52. The van der Waals surface area contributed by atoms with Gasteiger partial charge in [0.1, 0.15) is 6.54 Å². The number of ether oxygens (including phenoxy) is 1. The number of hydrogen-bond donors (Lipinski definition) is 2. The molecule has 100 valence electrons. The van der Waals surface area contributed by atoms with Gasteiger partial charge in [-0.25, -0.2) is 9.36 Å². The van der Waals surface area contributed by atoms with Crippen molar-refractivity contribution in [2.24, 2.45) is 0 Å². The zero-order chi connectivity index (χ0) is 13.7. The number of methoxy groups -OCH3 is 1. The van der Waals surface area contributed by atoms with Crippen LogP contribution >= 0.6 is 15.9 Å². The lowest BCUT2D eigenvalue weighted by atomic mass is 10.3. The van der Waals surface area contributed by atoms with E-state index >= 15 is 0 Å². The Morgan fingerprint density at radius 3 is 2.89 bits per heavy atom. The Hall–Kier alpha value is -1.41. The highest BCUT2D eigenvalue weighted by Crippen LogP contribution is 1.96. The lowest BCUT2D eigenvalue weighted by Gasteiger charge is -2.13. The van der Waals surface area contributed by atoms with E-state index < -0.39 is 17.2 Å². The van der Waals surface area contributed by atoms with Crippen LogP contribution in [0.25, 0.3) is 0 Å². The Morgan fingerprint density at radius 2 is 2.28 bits per heavy atom. The molecule has 1 aromatic heterocycles. The number of nitrogens with one attached hydrogen (secondary N) is 2. The highest BCUT2D eigenvalue weighted by atomic mass is 79.9. The molecule has 1 heterocycles. The molecule has 1 rings (SSSR count). The Labute approximate surface area is 111 Å². The highest BCUT2D eigenvalue weighted by molar-refractivity contribution is 9.10. The van der Waals surface area contributed by atoms with E-state index in [1.54, 1.807) is 6.92 Å². The van der Waals surface area contributed by atoms with E-state index in [1.165, 1.54) is 13.3 Å². The standard InChI is InChI=1S/C10H14BrN3O4/c1-6(5-18-2)13-8(15)4-14-9(16)7(11)3-12-10(14)17/h3,6H,4-5H2,1-2H3,(H,12,17)(H,13,15). The molecule has 0 radical (unpaired) electrons. The van der Waals surface area contributed by atoms with Crippen LogP contribution in [0.1, 0.15) is 6.92 Å². The minimum Gasteiger partial charge on any atom is -0.383 e. The summed E-state index contributed by atoms with van der Waals surface area (Å²) >= 11 is 2.99. The van der Waals surface area contributed by atoms with Gasteiger partial charge in [0.05, 0.1) is 11.1 Å². The smallest absolute Gasteiger partial charge is 0.328 e. The van der Waals surface area contributed by atoms with Crippen LogP contribution in [0, 0.1) is 0 Å². The predicted octanol–water partition coefficient (Wildman–Crippen LogP) is -0.550. The third kappa shape index (κ3) is 3.81. The van der Waals surface area contributed by atoms with Gasteiger partial charge >= 0.3 is 5.69 Å². The minimum absolute atomic E-state index is 0.190. The van der Waals surface area contributed by atoms with Crippen molar-refractivity contribution >= 4 is 21.8 Å². The second-order valence-electron chi connectivity index (χ2n) is 3.76. The first-order chi connectivity index (χ1) is 8.45. The molecule has 7 nitrogen and oxygen atoms in total. The predicted molar refractivity (Wildman–Crippen MR) is 68.5 cm³/mol. The monoisotopic (exact) mass is 319 g/mol. The minimum atomic E-state index is -0.627. The number of hydrogen-bond acceptors (Lipinski definition) is 4. The summed E-state index contributed by atoms with van der Waals surface area (Å²) in [5, 5.41) is 2.61. The number of rotatable bonds is 5. The second-order valence-corrected chi connectivity index (χ2v) is 4.61. The van der Waals surface area contributed by atoms with E-state index in [4.69, 9.17) is 4.74 Å². The molecule has 0 aromatic carbocycles. The van der Waals surface area contributed by atoms with Crippen LogP contribution in [0.15, 0.2) is 20.3 Å². The number of carbonyl (C=O) groups excluding carboxylic acids is 1. The maximum atomic E-state index is 11.6. The number of carbonyl (C=O) groups is 1. The van der Waals surface area contributed by atoms with Crippen molar-refractivity contribution in [3.8, 4) is 0 Å². The molecule has 0 aliphatic carbocycles. The fourth-order valence-corrected chi connectivity index (χ4v) is 1.71. The van der Waals surface area contributed by atoms with Crippen LogP contribution in [0.3, 0.4) is 0 Å². The number of H-pyrrole nitrogens is 1. The molecule has 2 N–H and O–H groups in total. The van der Waals surface area contributed by atoms with Crippen molar-refractivity contribution in [3.05, 3.63) is 31.5 Å². The van der Waals surface area contributed by atoms with Crippen molar-refractivity contribution in [3.63, 3.8) is 0 Å². The quantitative estimate of drug-likeness (QED) is 0.761. The molecule has 0 aliphatic rings. The molecule has 1 unspecified atom stereocenters. The van der Waals surface area contributed by atoms with E-state index in [-0.39, 0.29) is 17.1 Å². The van der Waals surface area contributed by atoms with Gasteiger partial charge in [-0.15, -0.1) is 0 Å². The van der Waals surface area contributed by atoms with Crippen LogP contribution in [0.2, 0.25) is 0 Å². The highest BCUT2D eigenvalue weighted by Gasteiger charge is 2.11. The first-order valence-corrected chi connectivity index (χ1v) is 6.01. The lowest BCUT2D eigenvalue weighted by Crippen LogP contribution is -2.43. The molecule has 0 spiro atoms. The summed E-state index contributed by atoms with van der Waals surface area (Å²) in [4.78, 5) is 37.0. The van der Waals surface area contributed by atoms with Crippen molar-refractivity contribution in [1.29, 1.82) is 0 Å². The number of nitrogens with zero attached hydrogens (tertiary/aromatic N) is 1. The van der Waals surface area contributed by atoms with Gasteiger partial charge in [-0.1, -0.05) is 0 Å². The molecular formula is C10H14BrN3O4. The summed E-state index contributed by atoms with van der Waals surface area (Å²) in [5.74, 6) is -0.426. The van der Waals surface area contributed by atoms with Gasteiger partial charge in [0.25, 0.3) is 5.56 Å². The largest absolute Gasteiger partial charge is 0.383 e. The summed E-state index contributed by atoms with van der Waals surface area (Å²) in [6.45, 7) is 1.78. The Kier molecular flexibility index (Phi) is 5.29. The average molecular weight is 320 g/mol. The fraction of sp³-hybridized carbons (Fsp3) is 0.500. The summed E-state index contributed by atoms with van der Waals surface area (Å²) in [6, 6.07) is -0.190. The van der Waals surface area contributed by atoms with Crippen LogP contribution in [-0.2, 0) is 16.1 Å². The molecule has 0 fully saturated rings. The van der Waals surface area contributed by atoms with E-state index in [2.05, 4.69) is 26.2 Å². The zero-order valence-corrected chi connectivity index (χ0v) is 11.6. The Balaban J connectivity index is 2.80. The number of amides is 1. The SMILES string of the molecule is COCC(C)NC(=O)Cn1c(=O)[nH]cc(Br)c1=O. The molecule has 18 heavy (non-hydrogen) atoms. The van der Waals surface area contributed by atoms with Gasteiger partial charge < -0.3 is 15.0 Å². The second kappa shape index (κ2) is 6.50. The average Bonchev–Trinajstić information content (AvgIpc) is 2.30. The maximum Gasteiger partial charge on any atom is 0.328 e. The number of halogens is 1. The summed E-state index contributed by atoms with van der Waals surface area (Å²) < 4.78 is 5.88. The molecule has 1 atom stereocenters. The molecular weight excluding hydrogens is 306 g/mol. The van der Waals surface area contributed by atoms with Gasteiger partial charge in [0.15, 0.2) is 0 Å². The summed E-state index contributed by atoms with van der Waals surface area (Å²) in [5.41, 5.74) is -1.17.